The van der Waals surface area contributed by atoms with Gasteiger partial charge in [0.15, 0.2) is 6.61 Å². The van der Waals surface area contributed by atoms with Gasteiger partial charge in [-0.25, -0.2) is 4.79 Å². The molecule has 0 aliphatic rings. The minimum atomic E-state index is -0.530. The van der Waals surface area contributed by atoms with Gasteiger partial charge < -0.3 is 19.5 Å². The molecule has 6 heteroatoms. The van der Waals surface area contributed by atoms with Crippen LogP contribution in [-0.4, -0.2) is 32.7 Å². The molecule has 0 aliphatic carbocycles. The molecule has 0 bridgehead atoms. The predicted molar refractivity (Wildman–Crippen MR) is 94.4 cm³/mol. The molecule has 0 unspecified atom stereocenters. The number of ether oxygens (including phenoxy) is 3. The van der Waals surface area contributed by atoms with Crippen LogP contribution in [0.5, 0.6) is 11.5 Å². The van der Waals surface area contributed by atoms with E-state index in [1.165, 1.54) is 7.11 Å². The molecule has 0 saturated carbocycles. The molecule has 6 nitrogen and oxygen atoms in total. The molecule has 0 aromatic heterocycles. The number of rotatable bonds is 6. The number of methoxy groups -OCH3 is 2. The standard InChI is InChI=1S/C19H21NO5/c1-12-6-5-7-15(13(12)2)19(22)25-11-18(21)20-16-9-8-14(23-3)10-17(16)24-4/h5-10H,11H2,1-4H3,(H,20,21). The van der Waals surface area contributed by atoms with Crippen molar-refractivity contribution in [2.75, 3.05) is 26.1 Å². The number of carbonyl (C=O) groups is 2. The van der Waals surface area contributed by atoms with Crippen molar-refractivity contribution in [3.8, 4) is 11.5 Å². The van der Waals surface area contributed by atoms with Crippen LogP contribution in [0.1, 0.15) is 21.5 Å². The average Bonchev–Trinajstić information content (AvgIpc) is 2.62. The van der Waals surface area contributed by atoms with E-state index in [9.17, 15) is 9.59 Å². The second-order valence-electron chi connectivity index (χ2n) is 5.44. The van der Waals surface area contributed by atoms with E-state index in [0.29, 0.717) is 22.7 Å². The lowest BCUT2D eigenvalue weighted by atomic mass is 10.0. The number of amides is 1. The van der Waals surface area contributed by atoms with E-state index in [1.54, 1.807) is 37.4 Å². The first-order valence-electron chi connectivity index (χ1n) is 7.71. The number of esters is 1. The number of nitrogens with one attached hydrogen (secondary N) is 1. The SMILES string of the molecule is COc1ccc(NC(=O)COC(=O)c2cccc(C)c2C)c(OC)c1. The molecule has 2 aromatic carbocycles. The van der Waals surface area contributed by atoms with Crippen LogP contribution in [0.3, 0.4) is 0 Å². The van der Waals surface area contributed by atoms with Crippen LogP contribution in [0.4, 0.5) is 5.69 Å². The Hall–Kier alpha value is -3.02. The quantitative estimate of drug-likeness (QED) is 0.816. The lowest BCUT2D eigenvalue weighted by Gasteiger charge is -2.12. The normalized spacial score (nSPS) is 10.1. The number of hydrogen-bond donors (Lipinski definition) is 1. The fourth-order valence-electron chi connectivity index (χ4n) is 2.27. The van der Waals surface area contributed by atoms with E-state index in [0.717, 1.165) is 11.1 Å². The van der Waals surface area contributed by atoms with Crippen LogP contribution < -0.4 is 14.8 Å². The summed E-state index contributed by atoms with van der Waals surface area (Å²) in [5, 5.41) is 2.65. The van der Waals surface area contributed by atoms with Gasteiger partial charge in [0, 0.05) is 6.07 Å². The number of benzene rings is 2. The van der Waals surface area contributed by atoms with Crippen LogP contribution in [0.15, 0.2) is 36.4 Å². The van der Waals surface area contributed by atoms with Gasteiger partial charge in [-0.1, -0.05) is 12.1 Å². The Labute approximate surface area is 146 Å². The first-order chi connectivity index (χ1) is 12.0. The summed E-state index contributed by atoms with van der Waals surface area (Å²) in [7, 11) is 3.03. The third-order valence-electron chi connectivity index (χ3n) is 3.84. The molecule has 1 amide bonds. The molecule has 2 aromatic rings. The maximum Gasteiger partial charge on any atom is 0.338 e. The minimum Gasteiger partial charge on any atom is -0.497 e. The average molecular weight is 343 g/mol. The van der Waals surface area contributed by atoms with Crippen molar-refractivity contribution in [1.82, 2.24) is 0 Å². The zero-order chi connectivity index (χ0) is 18.4. The van der Waals surface area contributed by atoms with Crippen molar-refractivity contribution in [2.45, 2.75) is 13.8 Å². The molecule has 0 fully saturated rings. The van der Waals surface area contributed by atoms with Crippen LogP contribution >= 0.6 is 0 Å². The van der Waals surface area contributed by atoms with Crippen LogP contribution in [0.25, 0.3) is 0 Å². The van der Waals surface area contributed by atoms with Crippen molar-refractivity contribution in [2.24, 2.45) is 0 Å². The summed E-state index contributed by atoms with van der Waals surface area (Å²) in [4.78, 5) is 24.2. The highest BCUT2D eigenvalue weighted by Gasteiger charge is 2.15. The van der Waals surface area contributed by atoms with Gasteiger partial charge in [-0.05, 0) is 43.2 Å². The third kappa shape index (κ3) is 4.50. The summed E-state index contributed by atoms with van der Waals surface area (Å²) in [5.41, 5.74) is 2.75. The Balaban J connectivity index is 1.99. The molecule has 0 saturated heterocycles. The van der Waals surface area contributed by atoms with Crippen LogP contribution in [-0.2, 0) is 9.53 Å². The Kier molecular flexibility index (Phi) is 6.00. The molecule has 0 heterocycles. The van der Waals surface area contributed by atoms with Gasteiger partial charge >= 0.3 is 5.97 Å². The number of carbonyl (C=O) groups excluding carboxylic acids is 2. The number of hydrogen-bond acceptors (Lipinski definition) is 5. The summed E-state index contributed by atoms with van der Waals surface area (Å²) < 4.78 is 15.4. The lowest BCUT2D eigenvalue weighted by molar-refractivity contribution is -0.119. The lowest BCUT2D eigenvalue weighted by Crippen LogP contribution is -2.21. The Morgan fingerprint density at radius 2 is 1.80 bits per heavy atom. The minimum absolute atomic E-state index is 0.388. The first-order valence-corrected chi connectivity index (χ1v) is 7.71. The van der Waals surface area contributed by atoms with Gasteiger partial charge in [0.1, 0.15) is 11.5 Å². The van der Waals surface area contributed by atoms with Crippen molar-refractivity contribution < 1.29 is 23.8 Å². The van der Waals surface area contributed by atoms with Crippen molar-refractivity contribution in [3.63, 3.8) is 0 Å². The highest BCUT2D eigenvalue weighted by molar-refractivity contribution is 5.97. The highest BCUT2D eigenvalue weighted by Crippen LogP contribution is 2.28. The Morgan fingerprint density at radius 3 is 2.48 bits per heavy atom. The maximum absolute atomic E-state index is 12.1. The van der Waals surface area contributed by atoms with Crippen LogP contribution in [0, 0.1) is 13.8 Å². The van der Waals surface area contributed by atoms with Gasteiger partial charge in [0.05, 0.1) is 25.5 Å². The van der Waals surface area contributed by atoms with E-state index >= 15 is 0 Å². The summed E-state index contributed by atoms with van der Waals surface area (Å²) in [6.07, 6.45) is 0. The summed E-state index contributed by atoms with van der Waals surface area (Å²) in [5.74, 6) is 0.0740. The zero-order valence-electron chi connectivity index (χ0n) is 14.7. The van der Waals surface area contributed by atoms with Gasteiger partial charge in [-0.15, -0.1) is 0 Å². The highest BCUT2D eigenvalue weighted by atomic mass is 16.5. The second kappa shape index (κ2) is 8.19. The molecule has 25 heavy (non-hydrogen) atoms. The topological polar surface area (TPSA) is 73.9 Å². The van der Waals surface area contributed by atoms with Gasteiger partial charge in [0.25, 0.3) is 5.91 Å². The monoisotopic (exact) mass is 343 g/mol. The first kappa shape index (κ1) is 18.3. The van der Waals surface area contributed by atoms with Gasteiger partial charge in [-0.2, -0.15) is 0 Å². The summed E-state index contributed by atoms with van der Waals surface area (Å²) in [6, 6.07) is 10.4. The third-order valence-corrected chi connectivity index (χ3v) is 3.84. The van der Waals surface area contributed by atoms with E-state index in [2.05, 4.69) is 5.32 Å². The number of aryl methyl sites for hydroxylation is 1. The van der Waals surface area contributed by atoms with E-state index in [4.69, 9.17) is 14.2 Å². The molecule has 132 valence electrons. The number of anilines is 1. The Bertz CT molecular complexity index is 785. The van der Waals surface area contributed by atoms with E-state index < -0.39 is 11.9 Å². The molecule has 0 radical (unpaired) electrons. The molecule has 1 N–H and O–H groups in total. The van der Waals surface area contributed by atoms with Crippen molar-refractivity contribution in [1.29, 1.82) is 0 Å². The van der Waals surface area contributed by atoms with Crippen LogP contribution in [0.2, 0.25) is 0 Å². The summed E-state index contributed by atoms with van der Waals surface area (Å²) in [6.45, 7) is 3.37. The van der Waals surface area contributed by atoms with Crippen molar-refractivity contribution >= 4 is 17.6 Å². The Morgan fingerprint density at radius 1 is 1.04 bits per heavy atom. The smallest absolute Gasteiger partial charge is 0.338 e. The van der Waals surface area contributed by atoms with E-state index in [-0.39, 0.29) is 6.61 Å². The predicted octanol–water partition coefficient (Wildman–Crippen LogP) is 3.12. The zero-order valence-corrected chi connectivity index (χ0v) is 14.7. The van der Waals surface area contributed by atoms with Crippen molar-refractivity contribution in [3.05, 3.63) is 53.1 Å². The molecule has 0 spiro atoms. The maximum atomic E-state index is 12.1. The largest absolute Gasteiger partial charge is 0.497 e. The molecular weight excluding hydrogens is 322 g/mol. The van der Waals surface area contributed by atoms with E-state index in [1.807, 2.05) is 19.9 Å². The molecule has 0 atom stereocenters. The van der Waals surface area contributed by atoms with Gasteiger partial charge in [0.2, 0.25) is 0 Å². The summed E-state index contributed by atoms with van der Waals surface area (Å²) >= 11 is 0. The molecule has 2 rings (SSSR count). The molecule has 0 aliphatic heterocycles. The van der Waals surface area contributed by atoms with Gasteiger partial charge in [-0.3, -0.25) is 4.79 Å². The second-order valence-corrected chi connectivity index (χ2v) is 5.44. The molecular formula is C19H21NO5. The fraction of sp³-hybridized carbons (Fsp3) is 0.263. The fourth-order valence-corrected chi connectivity index (χ4v) is 2.27.